The normalized spacial score (nSPS) is 12.4. The van der Waals surface area contributed by atoms with E-state index in [1.54, 1.807) is 18.3 Å². The second-order valence-electron chi connectivity index (χ2n) is 6.81. The van der Waals surface area contributed by atoms with E-state index < -0.39 is 23.7 Å². The van der Waals surface area contributed by atoms with Crippen LogP contribution in [0.3, 0.4) is 0 Å². The van der Waals surface area contributed by atoms with E-state index in [1.807, 2.05) is 36.4 Å². The summed E-state index contributed by atoms with van der Waals surface area (Å²) < 4.78 is 44.5. The highest BCUT2D eigenvalue weighted by atomic mass is 19.4. The van der Waals surface area contributed by atoms with Crippen LogP contribution in [0.15, 0.2) is 95.5 Å². The Hall–Kier alpha value is -3.87. The summed E-state index contributed by atoms with van der Waals surface area (Å²) in [5.74, 6) is -0.340. The van der Waals surface area contributed by atoms with Crippen LogP contribution in [0.4, 0.5) is 13.2 Å². The van der Waals surface area contributed by atoms with Crippen molar-refractivity contribution >= 4 is 5.91 Å². The van der Waals surface area contributed by atoms with E-state index in [1.165, 1.54) is 24.3 Å². The van der Waals surface area contributed by atoms with Crippen LogP contribution < -0.4 is 5.32 Å². The Morgan fingerprint density at radius 1 is 0.903 bits per heavy atom. The number of benzene rings is 2. The second-order valence-corrected chi connectivity index (χ2v) is 6.81. The molecule has 2 aromatic heterocycles. The van der Waals surface area contributed by atoms with Crippen molar-refractivity contribution < 1.29 is 22.4 Å². The van der Waals surface area contributed by atoms with Gasteiger partial charge in [-0.05, 0) is 42.0 Å². The molecule has 2 heterocycles. The molecule has 0 bridgehead atoms. The fourth-order valence-corrected chi connectivity index (χ4v) is 3.19. The van der Waals surface area contributed by atoms with Gasteiger partial charge in [-0.15, -0.1) is 0 Å². The van der Waals surface area contributed by atoms with Gasteiger partial charge >= 0.3 is 6.18 Å². The Balaban J connectivity index is 1.59. The van der Waals surface area contributed by atoms with Crippen molar-refractivity contribution in [2.75, 3.05) is 0 Å². The van der Waals surface area contributed by atoms with Gasteiger partial charge in [-0.1, -0.05) is 48.5 Å². The molecule has 7 heteroatoms. The van der Waals surface area contributed by atoms with Crippen molar-refractivity contribution in [2.24, 2.45) is 0 Å². The van der Waals surface area contributed by atoms with Gasteiger partial charge in [0.25, 0.3) is 5.91 Å². The Bertz CT molecular complexity index is 1130. The molecule has 0 radical (unpaired) electrons. The number of aromatic nitrogens is 1. The number of carbonyl (C=O) groups is 1. The molecule has 2 aromatic carbocycles. The number of furan rings is 1. The molecule has 1 unspecified atom stereocenters. The number of nitrogens with zero attached hydrogens (tertiary/aromatic N) is 1. The number of nitrogens with one attached hydrogen (secondary N) is 1. The maximum atomic E-state index is 13.0. The first-order valence-corrected chi connectivity index (χ1v) is 9.46. The van der Waals surface area contributed by atoms with Crippen molar-refractivity contribution in [1.29, 1.82) is 0 Å². The van der Waals surface area contributed by atoms with Crippen molar-refractivity contribution in [1.82, 2.24) is 10.3 Å². The van der Waals surface area contributed by atoms with E-state index >= 15 is 0 Å². The predicted molar refractivity (Wildman–Crippen MR) is 109 cm³/mol. The zero-order valence-electron chi connectivity index (χ0n) is 16.1. The third-order valence-electron chi connectivity index (χ3n) is 4.70. The summed E-state index contributed by atoms with van der Waals surface area (Å²) in [6.07, 6.45) is -2.83. The third kappa shape index (κ3) is 4.66. The molecule has 1 atom stereocenters. The van der Waals surface area contributed by atoms with Gasteiger partial charge in [-0.2, -0.15) is 13.2 Å². The van der Waals surface area contributed by atoms with Crippen LogP contribution in [-0.2, 0) is 6.18 Å². The lowest BCUT2D eigenvalue weighted by Crippen LogP contribution is -2.29. The Morgan fingerprint density at radius 3 is 2.39 bits per heavy atom. The molecular formula is C24H17F3N2O2. The Kier molecular flexibility index (Phi) is 5.58. The molecule has 4 rings (SSSR count). The van der Waals surface area contributed by atoms with Crippen LogP contribution in [0.2, 0.25) is 0 Å². The summed E-state index contributed by atoms with van der Waals surface area (Å²) in [7, 11) is 0. The summed E-state index contributed by atoms with van der Waals surface area (Å²) in [5.41, 5.74) is 0.927. The highest BCUT2D eigenvalue weighted by molar-refractivity contribution is 5.92. The van der Waals surface area contributed by atoms with Crippen molar-refractivity contribution in [3.8, 4) is 11.3 Å². The van der Waals surface area contributed by atoms with Gasteiger partial charge in [-0.25, -0.2) is 0 Å². The quantitative estimate of drug-likeness (QED) is 0.437. The molecule has 0 fully saturated rings. The van der Waals surface area contributed by atoms with Gasteiger partial charge in [0, 0.05) is 11.8 Å². The lowest BCUT2D eigenvalue weighted by atomic mass is 10.0. The van der Waals surface area contributed by atoms with Crippen LogP contribution >= 0.6 is 0 Å². The fourth-order valence-electron chi connectivity index (χ4n) is 3.19. The zero-order valence-corrected chi connectivity index (χ0v) is 16.1. The lowest BCUT2D eigenvalue weighted by Gasteiger charge is -2.18. The number of amides is 1. The van der Waals surface area contributed by atoms with Gasteiger partial charge in [0.05, 0.1) is 17.3 Å². The monoisotopic (exact) mass is 422 g/mol. The number of pyridine rings is 1. The minimum atomic E-state index is -4.46. The van der Waals surface area contributed by atoms with Gasteiger partial charge < -0.3 is 9.73 Å². The first kappa shape index (κ1) is 20.4. The summed E-state index contributed by atoms with van der Waals surface area (Å²) in [6, 6.07) is 21.9. The van der Waals surface area contributed by atoms with Gasteiger partial charge in [-0.3, -0.25) is 9.78 Å². The average molecular weight is 422 g/mol. The number of carbonyl (C=O) groups excluding carboxylic acids is 1. The van der Waals surface area contributed by atoms with E-state index in [-0.39, 0.29) is 17.1 Å². The largest absolute Gasteiger partial charge is 0.451 e. The maximum absolute atomic E-state index is 13.0. The molecule has 0 aliphatic carbocycles. The minimum Gasteiger partial charge on any atom is -0.451 e. The molecular weight excluding hydrogens is 405 g/mol. The van der Waals surface area contributed by atoms with E-state index in [4.69, 9.17) is 4.42 Å². The number of halogens is 3. The molecule has 0 saturated carbocycles. The molecule has 0 saturated heterocycles. The second kappa shape index (κ2) is 8.47. The van der Waals surface area contributed by atoms with Crippen LogP contribution in [0.25, 0.3) is 11.3 Å². The van der Waals surface area contributed by atoms with Gasteiger partial charge in [0.2, 0.25) is 0 Å². The van der Waals surface area contributed by atoms with Crippen LogP contribution in [0, 0.1) is 0 Å². The van der Waals surface area contributed by atoms with E-state index in [0.29, 0.717) is 5.69 Å². The van der Waals surface area contributed by atoms with Crippen molar-refractivity contribution in [3.63, 3.8) is 0 Å². The molecule has 156 valence electrons. The van der Waals surface area contributed by atoms with Crippen molar-refractivity contribution in [3.05, 3.63) is 114 Å². The topological polar surface area (TPSA) is 55.1 Å². The summed E-state index contributed by atoms with van der Waals surface area (Å²) >= 11 is 0. The Labute approximate surface area is 176 Å². The molecule has 1 N–H and O–H groups in total. The first-order chi connectivity index (χ1) is 14.9. The summed E-state index contributed by atoms with van der Waals surface area (Å²) in [6.45, 7) is 0. The summed E-state index contributed by atoms with van der Waals surface area (Å²) in [4.78, 5) is 17.2. The van der Waals surface area contributed by atoms with Crippen molar-refractivity contribution in [2.45, 2.75) is 12.2 Å². The van der Waals surface area contributed by atoms with E-state index in [2.05, 4.69) is 10.3 Å². The minimum absolute atomic E-state index is 0.00993. The van der Waals surface area contributed by atoms with Crippen LogP contribution in [-0.4, -0.2) is 10.9 Å². The summed E-state index contributed by atoms with van der Waals surface area (Å²) in [5, 5.41) is 2.89. The van der Waals surface area contributed by atoms with E-state index in [9.17, 15) is 18.0 Å². The van der Waals surface area contributed by atoms with Crippen LogP contribution in [0.1, 0.15) is 33.4 Å². The SMILES string of the molecule is O=C(NC(c1ccccc1)c1ccccn1)c1ccc(-c2cccc(C(F)(F)F)c2)o1. The number of alkyl halides is 3. The first-order valence-electron chi connectivity index (χ1n) is 9.46. The lowest BCUT2D eigenvalue weighted by molar-refractivity contribution is -0.137. The number of hydrogen-bond acceptors (Lipinski definition) is 3. The molecule has 0 aliphatic rings. The highest BCUT2D eigenvalue weighted by Crippen LogP contribution is 2.32. The molecule has 4 nitrogen and oxygen atoms in total. The molecule has 4 aromatic rings. The van der Waals surface area contributed by atoms with Crippen LogP contribution in [0.5, 0.6) is 0 Å². The maximum Gasteiger partial charge on any atom is 0.416 e. The Morgan fingerprint density at radius 2 is 1.68 bits per heavy atom. The predicted octanol–water partition coefficient (Wildman–Crippen LogP) is 5.88. The average Bonchev–Trinajstić information content (AvgIpc) is 3.29. The smallest absolute Gasteiger partial charge is 0.416 e. The zero-order chi connectivity index (χ0) is 21.8. The number of rotatable bonds is 5. The molecule has 1 amide bonds. The molecule has 0 spiro atoms. The molecule has 31 heavy (non-hydrogen) atoms. The standard InChI is InChI=1S/C24H17F3N2O2/c25-24(26,27)18-10-6-9-17(15-18)20-12-13-21(31-20)23(30)29-22(16-7-2-1-3-8-16)19-11-4-5-14-28-19/h1-15,22H,(H,29,30). The fraction of sp³-hybridized carbons (Fsp3) is 0.0833. The number of hydrogen-bond donors (Lipinski definition) is 1. The van der Waals surface area contributed by atoms with Gasteiger partial charge in [0.15, 0.2) is 5.76 Å². The molecule has 0 aliphatic heterocycles. The van der Waals surface area contributed by atoms with E-state index in [0.717, 1.165) is 17.7 Å². The van der Waals surface area contributed by atoms with Gasteiger partial charge in [0.1, 0.15) is 5.76 Å². The third-order valence-corrected chi connectivity index (χ3v) is 4.70. The highest BCUT2D eigenvalue weighted by Gasteiger charge is 2.30.